The fraction of sp³-hybridized carbons (Fsp3) is 0.533. The molecule has 2 nitrogen and oxygen atoms in total. The lowest BCUT2D eigenvalue weighted by Crippen LogP contribution is -2.30. The third-order valence-electron chi connectivity index (χ3n) is 4.23. The van der Waals surface area contributed by atoms with E-state index in [0.717, 1.165) is 25.7 Å². The first-order chi connectivity index (χ1) is 8.01. The van der Waals surface area contributed by atoms with Crippen molar-refractivity contribution in [3.63, 3.8) is 0 Å². The molecule has 0 bridgehead atoms. The Morgan fingerprint density at radius 2 is 1.76 bits per heavy atom. The van der Waals surface area contributed by atoms with Crippen LogP contribution in [0, 0.1) is 5.92 Å². The molecule has 0 aromatic heterocycles. The van der Waals surface area contributed by atoms with Crippen LogP contribution in [0.5, 0.6) is 5.75 Å². The van der Waals surface area contributed by atoms with E-state index < -0.39 is 0 Å². The van der Waals surface area contributed by atoms with Gasteiger partial charge < -0.3 is 5.11 Å². The van der Waals surface area contributed by atoms with E-state index in [9.17, 15) is 9.90 Å². The monoisotopic (exact) mass is 232 g/mol. The lowest BCUT2D eigenvalue weighted by Gasteiger charge is -2.37. The van der Waals surface area contributed by atoms with E-state index >= 15 is 0 Å². The van der Waals surface area contributed by atoms with Crippen LogP contribution in [0.1, 0.15) is 45.1 Å². The predicted octanol–water partition coefficient (Wildman–Crippen LogP) is 3.43. The van der Waals surface area contributed by atoms with Crippen molar-refractivity contribution >= 4 is 5.78 Å². The molecule has 0 saturated heterocycles. The highest BCUT2D eigenvalue weighted by Crippen LogP contribution is 2.41. The van der Waals surface area contributed by atoms with Crippen LogP contribution in [0.4, 0.5) is 0 Å². The summed E-state index contributed by atoms with van der Waals surface area (Å²) in [5.41, 5.74) is 1.44. The zero-order valence-electron chi connectivity index (χ0n) is 10.6. The number of aromatic hydroxyl groups is 1. The quantitative estimate of drug-likeness (QED) is 0.848. The molecule has 1 aliphatic carbocycles. The average molecular weight is 232 g/mol. The molecule has 0 unspecified atom stereocenters. The maximum Gasteiger partial charge on any atom is 0.132 e. The Morgan fingerprint density at radius 1 is 1.24 bits per heavy atom. The number of carbonyl (C=O) groups excluding carboxylic acids is 1. The van der Waals surface area contributed by atoms with Gasteiger partial charge in [-0.05, 0) is 55.7 Å². The molecule has 1 aromatic carbocycles. The highest BCUT2D eigenvalue weighted by atomic mass is 16.3. The molecular formula is C15H20O2. The van der Waals surface area contributed by atoms with Gasteiger partial charge in [0.15, 0.2) is 0 Å². The van der Waals surface area contributed by atoms with Gasteiger partial charge in [0.25, 0.3) is 0 Å². The van der Waals surface area contributed by atoms with Gasteiger partial charge in [0.05, 0.1) is 0 Å². The van der Waals surface area contributed by atoms with Crippen molar-refractivity contribution in [1.82, 2.24) is 0 Å². The van der Waals surface area contributed by atoms with E-state index in [1.165, 1.54) is 5.56 Å². The van der Waals surface area contributed by atoms with Crippen molar-refractivity contribution in [3.8, 4) is 5.75 Å². The number of benzene rings is 1. The third-order valence-corrected chi connectivity index (χ3v) is 4.23. The van der Waals surface area contributed by atoms with Gasteiger partial charge >= 0.3 is 0 Å². The van der Waals surface area contributed by atoms with Gasteiger partial charge in [0.2, 0.25) is 0 Å². The normalized spacial score (nSPS) is 28.9. The molecular weight excluding hydrogens is 212 g/mol. The third kappa shape index (κ3) is 2.51. The van der Waals surface area contributed by atoms with Crippen molar-refractivity contribution in [3.05, 3.63) is 29.8 Å². The van der Waals surface area contributed by atoms with E-state index in [-0.39, 0.29) is 11.3 Å². The highest BCUT2D eigenvalue weighted by molar-refractivity contribution is 5.78. The van der Waals surface area contributed by atoms with Crippen LogP contribution in [-0.2, 0) is 10.2 Å². The summed E-state index contributed by atoms with van der Waals surface area (Å²) in [5.74, 6) is 0.910. The molecule has 2 rings (SSSR count). The fourth-order valence-corrected chi connectivity index (χ4v) is 2.81. The molecule has 1 aromatic rings. The predicted molar refractivity (Wildman–Crippen MR) is 68.1 cm³/mol. The Bertz CT molecular complexity index is 397. The van der Waals surface area contributed by atoms with Crippen molar-refractivity contribution in [1.29, 1.82) is 0 Å². The Labute approximate surface area is 103 Å². The smallest absolute Gasteiger partial charge is 0.132 e. The van der Waals surface area contributed by atoms with Gasteiger partial charge in [-0.3, -0.25) is 4.79 Å². The summed E-state index contributed by atoms with van der Waals surface area (Å²) >= 11 is 0. The van der Waals surface area contributed by atoms with E-state index in [1.54, 1.807) is 19.1 Å². The molecule has 1 aliphatic rings. The molecule has 17 heavy (non-hydrogen) atoms. The van der Waals surface area contributed by atoms with E-state index in [2.05, 4.69) is 6.92 Å². The zero-order chi connectivity index (χ0) is 12.5. The van der Waals surface area contributed by atoms with E-state index in [4.69, 9.17) is 0 Å². The first-order valence-corrected chi connectivity index (χ1v) is 6.31. The Hall–Kier alpha value is -1.31. The first kappa shape index (κ1) is 12.2. The maximum absolute atomic E-state index is 11.4. The van der Waals surface area contributed by atoms with Crippen LogP contribution in [0.15, 0.2) is 24.3 Å². The number of hydrogen-bond donors (Lipinski definition) is 1. The number of phenols is 1. The van der Waals surface area contributed by atoms with Crippen molar-refractivity contribution in [2.24, 2.45) is 5.92 Å². The molecule has 1 saturated carbocycles. The minimum absolute atomic E-state index is 0.166. The summed E-state index contributed by atoms with van der Waals surface area (Å²) in [6.07, 6.45) is 4.10. The molecule has 0 radical (unpaired) electrons. The number of ketones is 1. The van der Waals surface area contributed by atoms with Gasteiger partial charge in [0.1, 0.15) is 11.5 Å². The van der Waals surface area contributed by atoms with Gasteiger partial charge in [-0.15, -0.1) is 0 Å². The largest absolute Gasteiger partial charge is 0.508 e. The Morgan fingerprint density at radius 3 is 2.24 bits per heavy atom. The molecule has 1 fully saturated rings. The Kier molecular flexibility index (Phi) is 3.23. The van der Waals surface area contributed by atoms with Gasteiger partial charge in [-0.1, -0.05) is 19.1 Å². The van der Waals surface area contributed by atoms with Crippen LogP contribution >= 0.6 is 0 Å². The second-order valence-electron chi connectivity index (χ2n) is 5.49. The van der Waals surface area contributed by atoms with Crippen molar-refractivity contribution in [2.75, 3.05) is 0 Å². The minimum atomic E-state index is 0.166. The summed E-state index contributed by atoms with van der Waals surface area (Å²) in [6.45, 7) is 3.96. The molecule has 92 valence electrons. The highest BCUT2D eigenvalue weighted by Gasteiger charge is 2.33. The number of rotatable bonds is 2. The van der Waals surface area contributed by atoms with Crippen LogP contribution in [0.2, 0.25) is 0 Å². The summed E-state index contributed by atoms with van der Waals surface area (Å²) in [7, 11) is 0. The van der Waals surface area contributed by atoms with E-state index in [0.29, 0.717) is 11.5 Å². The lowest BCUT2D eigenvalue weighted by atomic mass is 9.67. The number of carbonyl (C=O) groups is 1. The average Bonchev–Trinajstić information content (AvgIpc) is 2.30. The molecule has 2 heteroatoms. The summed E-state index contributed by atoms with van der Waals surface area (Å²) in [6, 6.07) is 7.50. The van der Waals surface area contributed by atoms with Crippen LogP contribution in [0.3, 0.4) is 0 Å². The van der Waals surface area contributed by atoms with E-state index in [1.807, 2.05) is 12.1 Å². The maximum atomic E-state index is 11.4. The van der Waals surface area contributed by atoms with Crippen LogP contribution < -0.4 is 0 Å². The second-order valence-corrected chi connectivity index (χ2v) is 5.49. The number of phenolic OH excluding ortho intramolecular Hbond substituents is 1. The molecule has 0 atom stereocenters. The van der Waals surface area contributed by atoms with Gasteiger partial charge in [0, 0.05) is 5.92 Å². The fourth-order valence-electron chi connectivity index (χ4n) is 2.81. The summed E-state index contributed by atoms with van der Waals surface area (Å²) in [5, 5.41) is 9.31. The van der Waals surface area contributed by atoms with Gasteiger partial charge in [-0.25, -0.2) is 0 Å². The van der Waals surface area contributed by atoms with Crippen molar-refractivity contribution in [2.45, 2.75) is 44.9 Å². The van der Waals surface area contributed by atoms with Crippen LogP contribution in [-0.4, -0.2) is 10.9 Å². The SMILES string of the molecule is CC(=O)[C@H]1CC[C@](C)(c2ccc(O)cc2)CC1. The zero-order valence-corrected chi connectivity index (χ0v) is 10.6. The second kappa shape index (κ2) is 4.52. The number of Topliss-reactive ketones (excluding diaryl/α,β-unsaturated/α-hetero) is 1. The summed E-state index contributed by atoms with van der Waals surface area (Å²) in [4.78, 5) is 11.4. The van der Waals surface area contributed by atoms with Crippen molar-refractivity contribution < 1.29 is 9.90 Å². The molecule has 0 aliphatic heterocycles. The molecule has 1 N–H and O–H groups in total. The molecule has 0 spiro atoms. The topological polar surface area (TPSA) is 37.3 Å². The van der Waals surface area contributed by atoms with Gasteiger partial charge in [-0.2, -0.15) is 0 Å². The molecule has 0 amide bonds. The minimum Gasteiger partial charge on any atom is -0.508 e. The number of hydrogen-bond acceptors (Lipinski definition) is 2. The molecule has 0 heterocycles. The first-order valence-electron chi connectivity index (χ1n) is 6.31. The summed E-state index contributed by atoms with van der Waals surface area (Å²) < 4.78 is 0. The standard InChI is InChI=1S/C15H20O2/c1-11(16)12-7-9-15(2,10-8-12)13-3-5-14(17)6-4-13/h3-6,12,17H,7-10H2,1-2H3/t12-,15-. The Balaban J connectivity index is 2.11. The lowest BCUT2D eigenvalue weighted by molar-refractivity contribution is -0.121. The van der Waals surface area contributed by atoms with Crippen LogP contribution in [0.25, 0.3) is 0 Å².